The highest BCUT2D eigenvalue weighted by molar-refractivity contribution is 5.27. The first-order chi connectivity index (χ1) is 9.03. The highest BCUT2D eigenvalue weighted by atomic mass is 16.3. The number of imidazole rings is 1. The van der Waals surface area contributed by atoms with Crippen molar-refractivity contribution in [3.8, 4) is 0 Å². The van der Waals surface area contributed by atoms with Crippen molar-refractivity contribution >= 4 is 0 Å². The van der Waals surface area contributed by atoms with Crippen LogP contribution < -0.4 is 0 Å². The molecule has 0 bridgehead atoms. The molecule has 0 saturated heterocycles. The third kappa shape index (κ3) is 3.24. The van der Waals surface area contributed by atoms with Crippen LogP contribution in [-0.2, 0) is 18.6 Å². The van der Waals surface area contributed by atoms with Crippen LogP contribution in [0.3, 0.4) is 0 Å². The number of nitrogens with zero attached hydrogens (tertiary/aromatic N) is 2. The van der Waals surface area contributed by atoms with Crippen molar-refractivity contribution in [1.29, 1.82) is 0 Å². The maximum absolute atomic E-state index is 10.7. The Balaban J connectivity index is 2.23. The lowest BCUT2D eigenvalue weighted by Crippen LogP contribution is -2.26. The lowest BCUT2D eigenvalue weighted by Gasteiger charge is -2.24. The minimum absolute atomic E-state index is 0.531. The molecule has 1 atom stereocenters. The van der Waals surface area contributed by atoms with Gasteiger partial charge in [-0.25, -0.2) is 4.98 Å². The van der Waals surface area contributed by atoms with Crippen LogP contribution in [0, 0.1) is 6.92 Å². The first-order valence-electron chi connectivity index (χ1n) is 6.82. The Labute approximate surface area is 114 Å². The molecule has 102 valence electrons. The number of benzene rings is 1. The van der Waals surface area contributed by atoms with E-state index in [9.17, 15) is 5.11 Å². The van der Waals surface area contributed by atoms with Gasteiger partial charge >= 0.3 is 0 Å². The van der Waals surface area contributed by atoms with Gasteiger partial charge in [-0.3, -0.25) is 0 Å². The first-order valence-corrected chi connectivity index (χ1v) is 6.82. The zero-order valence-corrected chi connectivity index (χ0v) is 11.9. The molecule has 19 heavy (non-hydrogen) atoms. The predicted molar refractivity (Wildman–Crippen MR) is 77.0 cm³/mol. The molecule has 0 aliphatic rings. The number of aryl methyl sites for hydroxylation is 2. The highest BCUT2D eigenvalue weighted by Crippen LogP contribution is 2.25. The van der Waals surface area contributed by atoms with Gasteiger partial charge in [-0.2, -0.15) is 0 Å². The van der Waals surface area contributed by atoms with Crippen molar-refractivity contribution in [2.24, 2.45) is 0 Å². The van der Waals surface area contributed by atoms with Gasteiger partial charge in [0.2, 0.25) is 0 Å². The SMILES string of the molecule is CCCn1ccnc1CC(C)(O)c1cccc(C)c1. The summed E-state index contributed by atoms with van der Waals surface area (Å²) >= 11 is 0. The van der Waals surface area contributed by atoms with E-state index in [1.807, 2.05) is 44.3 Å². The summed E-state index contributed by atoms with van der Waals surface area (Å²) in [5, 5.41) is 10.7. The summed E-state index contributed by atoms with van der Waals surface area (Å²) < 4.78 is 2.12. The van der Waals surface area contributed by atoms with Crippen molar-refractivity contribution in [2.75, 3.05) is 0 Å². The van der Waals surface area contributed by atoms with Crippen LogP contribution >= 0.6 is 0 Å². The fourth-order valence-electron chi connectivity index (χ4n) is 2.34. The minimum Gasteiger partial charge on any atom is -0.385 e. The van der Waals surface area contributed by atoms with Crippen LogP contribution in [0.4, 0.5) is 0 Å². The summed E-state index contributed by atoms with van der Waals surface area (Å²) in [4.78, 5) is 4.37. The summed E-state index contributed by atoms with van der Waals surface area (Å²) in [6.07, 6.45) is 5.38. The molecule has 0 aliphatic heterocycles. The summed E-state index contributed by atoms with van der Waals surface area (Å²) in [6.45, 7) is 6.98. The number of aromatic nitrogens is 2. The van der Waals surface area contributed by atoms with E-state index in [-0.39, 0.29) is 0 Å². The van der Waals surface area contributed by atoms with Crippen molar-refractivity contribution in [3.05, 3.63) is 53.6 Å². The maximum atomic E-state index is 10.7. The van der Waals surface area contributed by atoms with E-state index in [0.29, 0.717) is 6.42 Å². The molecule has 1 aromatic heterocycles. The van der Waals surface area contributed by atoms with Crippen LogP contribution in [0.25, 0.3) is 0 Å². The van der Waals surface area contributed by atoms with E-state index < -0.39 is 5.60 Å². The molecule has 0 spiro atoms. The molecule has 1 aromatic carbocycles. The van der Waals surface area contributed by atoms with E-state index in [0.717, 1.165) is 29.9 Å². The van der Waals surface area contributed by atoms with E-state index in [2.05, 4.69) is 16.5 Å². The van der Waals surface area contributed by atoms with Crippen molar-refractivity contribution in [2.45, 2.75) is 45.8 Å². The van der Waals surface area contributed by atoms with Crippen LogP contribution in [0.2, 0.25) is 0 Å². The standard InChI is InChI=1S/C16H22N2O/c1-4-9-18-10-8-17-15(18)12-16(3,19)14-7-5-6-13(2)11-14/h5-8,10-11,19H,4,9,12H2,1-3H3. The molecule has 2 aromatic rings. The Bertz CT molecular complexity index is 543. The zero-order chi connectivity index (χ0) is 13.9. The quantitative estimate of drug-likeness (QED) is 0.895. The Morgan fingerprint density at radius 2 is 2.16 bits per heavy atom. The third-order valence-corrected chi connectivity index (χ3v) is 3.41. The Morgan fingerprint density at radius 3 is 2.84 bits per heavy atom. The van der Waals surface area contributed by atoms with E-state index in [4.69, 9.17) is 0 Å². The molecule has 1 heterocycles. The second-order valence-electron chi connectivity index (χ2n) is 5.36. The van der Waals surface area contributed by atoms with Gasteiger partial charge in [0.25, 0.3) is 0 Å². The van der Waals surface area contributed by atoms with Crippen LogP contribution in [0.1, 0.15) is 37.2 Å². The Morgan fingerprint density at radius 1 is 1.37 bits per heavy atom. The monoisotopic (exact) mass is 258 g/mol. The van der Waals surface area contributed by atoms with Crippen LogP contribution in [0.15, 0.2) is 36.7 Å². The van der Waals surface area contributed by atoms with Crippen molar-refractivity contribution < 1.29 is 5.11 Å². The Hall–Kier alpha value is -1.61. The van der Waals surface area contributed by atoms with Gasteiger partial charge < -0.3 is 9.67 Å². The number of rotatable bonds is 5. The van der Waals surface area contributed by atoms with Gasteiger partial charge in [0, 0.05) is 25.4 Å². The van der Waals surface area contributed by atoms with Crippen LogP contribution in [-0.4, -0.2) is 14.7 Å². The average Bonchev–Trinajstić information content (AvgIpc) is 2.76. The molecule has 2 rings (SSSR count). The molecule has 1 unspecified atom stereocenters. The summed E-state index contributed by atoms with van der Waals surface area (Å²) in [5.41, 5.74) is 1.22. The first kappa shape index (κ1) is 13.8. The normalized spacial score (nSPS) is 14.3. The number of aliphatic hydroxyl groups is 1. The smallest absolute Gasteiger partial charge is 0.111 e. The largest absolute Gasteiger partial charge is 0.385 e. The molecule has 0 radical (unpaired) electrons. The predicted octanol–water partition coefficient (Wildman–Crippen LogP) is 3.05. The molecular weight excluding hydrogens is 236 g/mol. The van der Waals surface area contributed by atoms with Gasteiger partial charge in [-0.15, -0.1) is 0 Å². The molecule has 1 N–H and O–H groups in total. The second-order valence-corrected chi connectivity index (χ2v) is 5.36. The zero-order valence-electron chi connectivity index (χ0n) is 11.9. The fraction of sp³-hybridized carbons (Fsp3) is 0.438. The molecule has 0 amide bonds. The summed E-state index contributed by atoms with van der Waals surface area (Å²) in [5.74, 6) is 0.938. The topological polar surface area (TPSA) is 38.0 Å². The van der Waals surface area contributed by atoms with Gasteiger partial charge in [-0.1, -0.05) is 36.8 Å². The molecule has 0 saturated carbocycles. The lowest BCUT2D eigenvalue weighted by molar-refractivity contribution is 0.0544. The average molecular weight is 258 g/mol. The number of hydrogen-bond donors (Lipinski definition) is 1. The van der Waals surface area contributed by atoms with Crippen LogP contribution in [0.5, 0.6) is 0 Å². The molecular formula is C16H22N2O. The number of hydrogen-bond acceptors (Lipinski definition) is 2. The minimum atomic E-state index is -0.886. The molecule has 3 nitrogen and oxygen atoms in total. The van der Waals surface area contributed by atoms with E-state index >= 15 is 0 Å². The molecule has 0 fully saturated rings. The van der Waals surface area contributed by atoms with Crippen molar-refractivity contribution in [1.82, 2.24) is 9.55 Å². The highest BCUT2D eigenvalue weighted by Gasteiger charge is 2.25. The second kappa shape index (κ2) is 5.57. The fourth-order valence-corrected chi connectivity index (χ4v) is 2.34. The maximum Gasteiger partial charge on any atom is 0.111 e. The lowest BCUT2D eigenvalue weighted by atomic mass is 9.91. The van der Waals surface area contributed by atoms with E-state index in [1.54, 1.807) is 6.20 Å². The summed E-state index contributed by atoms with van der Waals surface area (Å²) in [7, 11) is 0. The van der Waals surface area contributed by atoms with Crippen molar-refractivity contribution in [3.63, 3.8) is 0 Å². The van der Waals surface area contributed by atoms with Gasteiger partial charge in [-0.05, 0) is 25.8 Å². The summed E-state index contributed by atoms with van der Waals surface area (Å²) in [6, 6.07) is 8.03. The van der Waals surface area contributed by atoms with Gasteiger partial charge in [0.05, 0.1) is 5.60 Å². The van der Waals surface area contributed by atoms with Gasteiger partial charge in [0.15, 0.2) is 0 Å². The van der Waals surface area contributed by atoms with Gasteiger partial charge in [0.1, 0.15) is 5.82 Å². The third-order valence-electron chi connectivity index (χ3n) is 3.41. The van der Waals surface area contributed by atoms with E-state index in [1.165, 1.54) is 0 Å². The molecule has 3 heteroatoms. The molecule has 0 aliphatic carbocycles. The Kier molecular flexibility index (Phi) is 4.05.